The van der Waals surface area contributed by atoms with Crippen LogP contribution in [0.25, 0.3) is 0 Å². The lowest BCUT2D eigenvalue weighted by Crippen LogP contribution is -2.53. The van der Waals surface area contributed by atoms with Crippen LogP contribution in [0.4, 0.5) is 5.69 Å². The highest BCUT2D eigenvalue weighted by Gasteiger charge is 2.36. The molecule has 0 aliphatic rings. The maximum absolute atomic E-state index is 14.7. The number of halogens is 2. The third-order valence-electron chi connectivity index (χ3n) is 7.76. The monoisotopic (exact) mass is 711 g/mol. The molecule has 4 rings (SSSR count). The van der Waals surface area contributed by atoms with Gasteiger partial charge in [0.15, 0.2) is 0 Å². The molecule has 0 radical (unpaired) electrons. The average Bonchev–Trinajstić information content (AvgIpc) is 3.10. The van der Waals surface area contributed by atoms with E-state index in [0.717, 1.165) is 22.7 Å². The average molecular weight is 713 g/mol. The maximum atomic E-state index is 14.7. The Labute approximate surface area is 292 Å². The Morgan fingerprint density at radius 3 is 2.10 bits per heavy atom. The molecule has 0 aromatic heterocycles. The summed E-state index contributed by atoms with van der Waals surface area (Å²) in [5, 5.41) is 3.56. The van der Waals surface area contributed by atoms with Crippen molar-refractivity contribution in [1.82, 2.24) is 10.2 Å². The Morgan fingerprint density at radius 2 is 1.50 bits per heavy atom. The molecule has 254 valence electrons. The molecule has 0 fully saturated rings. The Kier molecular flexibility index (Phi) is 13.1. The number of hydrogen-bond donors (Lipinski definition) is 1. The summed E-state index contributed by atoms with van der Waals surface area (Å²) in [5.74, 6) is -0.507. The molecule has 2 amide bonds. The molecule has 4 aromatic carbocycles. The van der Waals surface area contributed by atoms with E-state index in [0.29, 0.717) is 27.9 Å². The summed E-state index contributed by atoms with van der Waals surface area (Å²) in [5.41, 5.74) is 1.31. The number of anilines is 1. The van der Waals surface area contributed by atoms with Gasteiger partial charge in [-0.15, -0.1) is 0 Å². The molecule has 0 spiro atoms. The SMILES string of the molecule is CCCCNC(=O)C(Cc1ccccc1)N(Cc1c(Cl)cccc1Cl)C(=O)CN(c1cc(OC)ccc1OC)S(=O)(=O)c1ccccc1. The van der Waals surface area contributed by atoms with Crippen molar-refractivity contribution >= 4 is 50.7 Å². The van der Waals surface area contributed by atoms with Crippen LogP contribution < -0.4 is 19.1 Å². The first-order valence-electron chi connectivity index (χ1n) is 15.4. The lowest BCUT2D eigenvalue weighted by molar-refractivity contribution is -0.140. The van der Waals surface area contributed by atoms with Crippen molar-refractivity contribution in [2.75, 3.05) is 31.6 Å². The maximum Gasteiger partial charge on any atom is 0.264 e. The zero-order chi connectivity index (χ0) is 34.7. The number of nitrogens with zero attached hydrogens (tertiary/aromatic N) is 2. The lowest BCUT2D eigenvalue weighted by Gasteiger charge is -2.34. The minimum absolute atomic E-state index is 0.0403. The van der Waals surface area contributed by atoms with Crippen molar-refractivity contribution < 1.29 is 27.5 Å². The molecule has 4 aromatic rings. The first-order chi connectivity index (χ1) is 23.1. The zero-order valence-electron chi connectivity index (χ0n) is 27.1. The Bertz CT molecular complexity index is 1770. The molecular weight excluding hydrogens is 673 g/mol. The van der Waals surface area contributed by atoms with Crippen LogP contribution in [0.15, 0.2) is 102 Å². The minimum atomic E-state index is -4.35. The molecule has 0 bridgehead atoms. The lowest BCUT2D eigenvalue weighted by atomic mass is 10.0. The number of benzene rings is 4. The summed E-state index contributed by atoms with van der Waals surface area (Å²) in [7, 11) is -1.50. The highest BCUT2D eigenvalue weighted by atomic mass is 35.5. The molecule has 0 saturated heterocycles. The minimum Gasteiger partial charge on any atom is -0.497 e. The van der Waals surface area contributed by atoms with Crippen molar-refractivity contribution in [1.29, 1.82) is 0 Å². The van der Waals surface area contributed by atoms with Gasteiger partial charge in [0.25, 0.3) is 10.0 Å². The third kappa shape index (κ3) is 9.00. The van der Waals surface area contributed by atoms with Crippen molar-refractivity contribution in [3.05, 3.63) is 118 Å². The molecule has 1 atom stereocenters. The smallest absolute Gasteiger partial charge is 0.264 e. The molecule has 0 saturated carbocycles. The number of methoxy groups -OCH3 is 2. The molecule has 0 heterocycles. The van der Waals surface area contributed by atoms with E-state index in [-0.39, 0.29) is 35.2 Å². The van der Waals surface area contributed by atoms with Crippen LogP contribution in [-0.4, -0.2) is 58.5 Å². The van der Waals surface area contributed by atoms with E-state index in [2.05, 4.69) is 5.32 Å². The van der Waals surface area contributed by atoms with Gasteiger partial charge < -0.3 is 19.7 Å². The highest BCUT2D eigenvalue weighted by molar-refractivity contribution is 7.92. The molecular formula is C36H39Cl2N3O6S. The fourth-order valence-electron chi connectivity index (χ4n) is 5.14. The van der Waals surface area contributed by atoms with Gasteiger partial charge in [0.2, 0.25) is 11.8 Å². The Hall–Kier alpha value is -4.25. The third-order valence-corrected chi connectivity index (χ3v) is 10.2. The largest absolute Gasteiger partial charge is 0.497 e. The van der Waals surface area contributed by atoms with Crippen LogP contribution in [0.3, 0.4) is 0 Å². The Balaban J connectivity index is 1.88. The van der Waals surface area contributed by atoms with Gasteiger partial charge in [0.1, 0.15) is 24.1 Å². The number of carbonyl (C=O) groups is 2. The number of hydrogen-bond acceptors (Lipinski definition) is 6. The summed E-state index contributed by atoms with van der Waals surface area (Å²) >= 11 is 13.2. The van der Waals surface area contributed by atoms with Gasteiger partial charge in [-0.3, -0.25) is 13.9 Å². The van der Waals surface area contributed by atoms with Gasteiger partial charge in [0, 0.05) is 41.2 Å². The van der Waals surface area contributed by atoms with Crippen molar-refractivity contribution in [2.45, 2.75) is 43.7 Å². The number of amides is 2. The summed E-state index contributed by atoms with van der Waals surface area (Å²) < 4.78 is 40.6. The van der Waals surface area contributed by atoms with Gasteiger partial charge in [-0.05, 0) is 48.4 Å². The standard InChI is InChI=1S/C36H39Cl2N3O6S/c1-4-5-21-39-36(43)33(22-26-13-8-6-9-14-26)40(24-29-30(37)17-12-18-31(29)38)35(42)25-41(48(44,45)28-15-10-7-11-16-28)32-23-27(46-2)19-20-34(32)47-3/h6-20,23,33H,4-5,21-22,24-25H2,1-3H3,(H,39,43). The topological polar surface area (TPSA) is 105 Å². The predicted octanol–water partition coefficient (Wildman–Crippen LogP) is 6.76. The fraction of sp³-hybridized carbons (Fsp3) is 0.278. The highest BCUT2D eigenvalue weighted by Crippen LogP contribution is 2.36. The number of ether oxygens (including phenoxy) is 2. The first kappa shape index (κ1) is 36.6. The Morgan fingerprint density at radius 1 is 0.854 bits per heavy atom. The normalized spacial score (nSPS) is 11.8. The van der Waals surface area contributed by atoms with Gasteiger partial charge in [-0.1, -0.05) is 91.1 Å². The van der Waals surface area contributed by atoms with E-state index in [9.17, 15) is 18.0 Å². The van der Waals surface area contributed by atoms with E-state index in [1.54, 1.807) is 48.5 Å². The second kappa shape index (κ2) is 17.2. The van der Waals surface area contributed by atoms with E-state index in [1.165, 1.54) is 37.3 Å². The van der Waals surface area contributed by atoms with Gasteiger partial charge >= 0.3 is 0 Å². The number of unbranched alkanes of at least 4 members (excludes halogenated alkanes) is 1. The molecule has 0 aliphatic heterocycles. The molecule has 48 heavy (non-hydrogen) atoms. The van der Waals surface area contributed by atoms with Crippen LogP contribution in [0.2, 0.25) is 10.0 Å². The molecule has 9 nitrogen and oxygen atoms in total. The van der Waals surface area contributed by atoms with Crippen molar-refractivity contribution in [3.63, 3.8) is 0 Å². The van der Waals surface area contributed by atoms with Crippen LogP contribution in [0.1, 0.15) is 30.9 Å². The number of carbonyl (C=O) groups excluding carboxylic acids is 2. The summed E-state index contributed by atoms with van der Waals surface area (Å²) in [4.78, 5) is 30.0. The van der Waals surface area contributed by atoms with Crippen molar-refractivity contribution in [2.24, 2.45) is 0 Å². The molecule has 0 aliphatic carbocycles. The van der Waals surface area contributed by atoms with Gasteiger partial charge in [-0.2, -0.15) is 0 Å². The predicted molar refractivity (Wildman–Crippen MR) is 189 cm³/mol. The summed E-state index contributed by atoms with van der Waals surface area (Å²) in [6, 6.07) is 25.7. The van der Waals surface area contributed by atoms with Crippen molar-refractivity contribution in [3.8, 4) is 11.5 Å². The van der Waals surface area contributed by atoms with E-state index >= 15 is 0 Å². The van der Waals surface area contributed by atoms with E-state index in [4.69, 9.17) is 32.7 Å². The zero-order valence-corrected chi connectivity index (χ0v) is 29.4. The van der Waals surface area contributed by atoms with E-state index in [1.807, 2.05) is 37.3 Å². The number of rotatable bonds is 16. The van der Waals surface area contributed by atoms with Gasteiger partial charge in [0.05, 0.1) is 24.8 Å². The van der Waals surface area contributed by atoms with Crippen LogP contribution in [-0.2, 0) is 32.6 Å². The van der Waals surface area contributed by atoms with Crippen LogP contribution >= 0.6 is 23.2 Å². The second-order valence-corrected chi connectivity index (χ2v) is 13.6. The molecule has 1 N–H and O–H groups in total. The first-order valence-corrected chi connectivity index (χ1v) is 17.6. The van der Waals surface area contributed by atoms with Crippen LogP contribution in [0.5, 0.6) is 11.5 Å². The summed E-state index contributed by atoms with van der Waals surface area (Å²) in [6.45, 7) is 1.57. The van der Waals surface area contributed by atoms with Gasteiger partial charge in [-0.25, -0.2) is 8.42 Å². The number of sulfonamides is 1. The second-order valence-electron chi connectivity index (χ2n) is 10.9. The fourth-order valence-corrected chi connectivity index (χ4v) is 7.09. The quantitative estimate of drug-likeness (QED) is 0.129. The molecule has 12 heteroatoms. The molecule has 1 unspecified atom stereocenters. The van der Waals surface area contributed by atoms with E-state index < -0.39 is 28.5 Å². The summed E-state index contributed by atoms with van der Waals surface area (Å²) in [6.07, 6.45) is 1.75. The van der Waals surface area contributed by atoms with Crippen LogP contribution in [0, 0.1) is 0 Å². The number of nitrogens with one attached hydrogen (secondary N) is 1.